The third kappa shape index (κ3) is 4.65. The zero-order valence-electron chi connectivity index (χ0n) is 17.6. The van der Waals surface area contributed by atoms with E-state index in [4.69, 9.17) is 9.72 Å². The molecule has 1 aliphatic carbocycles. The van der Waals surface area contributed by atoms with Crippen LogP contribution in [0, 0.1) is 5.92 Å². The third-order valence-corrected chi connectivity index (χ3v) is 6.40. The number of ether oxygens (including phenoxy) is 1. The molecular weight excluding hydrogens is 392 g/mol. The Morgan fingerprint density at radius 3 is 2.61 bits per heavy atom. The maximum Gasteiger partial charge on any atom is 0.407 e. The van der Waals surface area contributed by atoms with Gasteiger partial charge in [0.2, 0.25) is 5.91 Å². The maximum atomic E-state index is 12.4. The number of carbonyl (C=O) groups is 2. The number of carbonyl (C=O) groups excluding carboxylic acids is 2. The van der Waals surface area contributed by atoms with Crippen LogP contribution in [0.3, 0.4) is 0 Å². The fourth-order valence-electron chi connectivity index (χ4n) is 4.23. The van der Waals surface area contributed by atoms with Crippen molar-refractivity contribution >= 4 is 23.5 Å². The lowest BCUT2D eigenvalue weighted by Gasteiger charge is -2.39. The fraction of sp³-hybridized carbons (Fsp3) is 0.458. The topological polar surface area (TPSA) is 74.8 Å². The summed E-state index contributed by atoms with van der Waals surface area (Å²) in [6.45, 7) is 2.83. The second kappa shape index (κ2) is 8.57. The van der Waals surface area contributed by atoms with Crippen LogP contribution in [-0.4, -0.2) is 54.2 Å². The van der Waals surface area contributed by atoms with E-state index in [1.165, 1.54) is 24.1 Å². The highest BCUT2D eigenvalue weighted by Crippen LogP contribution is 2.35. The molecule has 1 atom stereocenters. The first kappa shape index (κ1) is 19.8. The van der Waals surface area contributed by atoms with Crippen molar-refractivity contribution in [1.29, 1.82) is 0 Å². The molecular formula is C24H28N4O3. The lowest BCUT2D eigenvalue weighted by atomic mass is 9.92. The van der Waals surface area contributed by atoms with Crippen molar-refractivity contribution in [2.75, 3.05) is 31.1 Å². The molecule has 2 saturated heterocycles. The fourth-order valence-corrected chi connectivity index (χ4v) is 4.23. The number of hydrogen-bond acceptors (Lipinski definition) is 5. The number of amides is 2. The summed E-state index contributed by atoms with van der Waals surface area (Å²) in [4.78, 5) is 32.4. The van der Waals surface area contributed by atoms with Crippen LogP contribution in [0.25, 0.3) is 0 Å². The average molecular weight is 421 g/mol. The molecule has 2 aliphatic heterocycles. The molecule has 1 N–H and O–H groups in total. The Balaban J connectivity index is 1.15. The van der Waals surface area contributed by atoms with Crippen LogP contribution in [-0.2, 0) is 9.53 Å². The second-order valence-corrected chi connectivity index (χ2v) is 8.81. The molecule has 1 aromatic carbocycles. The molecule has 5 rings (SSSR count). The van der Waals surface area contributed by atoms with Gasteiger partial charge in [-0.2, -0.15) is 0 Å². The minimum Gasteiger partial charge on any atom is -0.447 e. The lowest BCUT2D eigenvalue weighted by Crippen LogP contribution is -2.48. The molecule has 2 amide bonds. The number of likely N-dealkylation sites (tertiary alicyclic amines) is 1. The number of cyclic esters (lactones) is 1. The van der Waals surface area contributed by atoms with Gasteiger partial charge in [0.1, 0.15) is 12.4 Å². The van der Waals surface area contributed by atoms with Crippen LogP contribution in [0.1, 0.15) is 37.2 Å². The van der Waals surface area contributed by atoms with E-state index in [1.54, 1.807) is 0 Å². The number of alkyl carbamates (subject to hydrolysis) is 1. The number of hydrogen-bond donors (Lipinski definition) is 1. The summed E-state index contributed by atoms with van der Waals surface area (Å²) < 4.78 is 4.87. The van der Waals surface area contributed by atoms with E-state index in [2.05, 4.69) is 46.6 Å². The molecule has 2 aromatic rings. The minimum absolute atomic E-state index is 0.0477. The van der Waals surface area contributed by atoms with Crippen molar-refractivity contribution in [2.45, 2.75) is 37.6 Å². The van der Waals surface area contributed by atoms with Gasteiger partial charge < -0.3 is 19.9 Å². The van der Waals surface area contributed by atoms with Crippen LogP contribution in [0.15, 0.2) is 48.7 Å². The highest BCUT2D eigenvalue weighted by atomic mass is 16.6. The number of benzene rings is 1. The summed E-state index contributed by atoms with van der Waals surface area (Å²) in [6, 6.07) is 14.7. The number of nitrogens with zero attached hydrogens (tertiary/aromatic N) is 3. The lowest BCUT2D eigenvalue weighted by molar-refractivity contribution is -0.135. The van der Waals surface area contributed by atoms with Gasteiger partial charge in [-0.05, 0) is 48.9 Å². The second-order valence-electron chi connectivity index (χ2n) is 8.81. The largest absolute Gasteiger partial charge is 0.447 e. The Bertz CT molecular complexity index is 924. The van der Waals surface area contributed by atoms with E-state index >= 15 is 0 Å². The quantitative estimate of drug-likeness (QED) is 0.708. The van der Waals surface area contributed by atoms with Crippen LogP contribution in [0.2, 0.25) is 0 Å². The first-order valence-electron chi connectivity index (χ1n) is 11.2. The Hall–Kier alpha value is -3.09. The average Bonchev–Trinajstić information content (AvgIpc) is 3.49. The molecule has 7 nitrogen and oxygen atoms in total. The van der Waals surface area contributed by atoms with Crippen LogP contribution < -0.4 is 10.2 Å². The van der Waals surface area contributed by atoms with E-state index in [0.717, 1.165) is 31.4 Å². The van der Waals surface area contributed by atoms with E-state index in [9.17, 15) is 9.59 Å². The SMILES string of the molecule is O=C1N[C@H](CCC(=O)N2CC(c3ccc(N(CC4CC4)c4ccccc4)nc3)C2)CO1. The van der Waals surface area contributed by atoms with Gasteiger partial charge in [-0.1, -0.05) is 24.3 Å². The number of anilines is 2. The van der Waals surface area contributed by atoms with Crippen LogP contribution >= 0.6 is 0 Å². The molecule has 0 unspecified atom stereocenters. The van der Waals surface area contributed by atoms with E-state index < -0.39 is 0 Å². The molecule has 31 heavy (non-hydrogen) atoms. The monoisotopic (exact) mass is 420 g/mol. The van der Waals surface area contributed by atoms with Crippen LogP contribution in [0.4, 0.5) is 16.3 Å². The van der Waals surface area contributed by atoms with Crippen molar-refractivity contribution < 1.29 is 14.3 Å². The van der Waals surface area contributed by atoms with Gasteiger partial charge in [-0.15, -0.1) is 0 Å². The van der Waals surface area contributed by atoms with E-state index in [1.807, 2.05) is 17.2 Å². The van der Waals surface area contributed by atoms with Crippen LogP contribution in [0.5, 0.6) is 0 Å². The van der Waals surface area contributed by atoms with Crippen molar-refractivity contribution in [1.82, 2.24) is 15.2 Å². The first-order chi connectivity index (χ1) is 15.2. The number of pyridine rings is 1. The van der Waals surface area contributed by atoms with Gasteiger partial charge >= 0.3 is 6.09 Å². The van der Waals surface area contributed by atoms with Gasteiger partial charge in [0.15, 0.2) is 0 Å². The highest BCUT2D eigenvalue weighted by molar-refractivity contribution is 5.77. The number of rotatable bonds is 8. The van der Waals surface area contributed by atoms with Gasteiger partial charge in [0.05, 0.1) is 6.04 Å². The number of nitrogens with one attached hydrogen (secondary N) is 1. The third-order valence-electron chi connectivity index (χ3n) is 6.40. The standard InChI is InChI=1S/C24H28N4O3/c29-23(11-9-20-16-31-24(30)26-20)27-14-19(15-27)18-8-10-22(25-12-18)28(13-17-6-7-17)21-4-2-1-3-5-21/h1-5,8,10,12,17,19-20H,6-7,9,11,13-16H2,(H,26,30)/t20-/m1/s1. The molecule has 3 heterocycles. The summed E-state index contributed by atoms with van der Waals surface area (Å²) >= 11 is 0. The Morgan fingerprint density at radius 2 is 1.97 bits per heavy atom. The van der Waals surface area contributed by atoms with Gasteiger partial charge in [-0.3, -0.25) is 4.79 Å². The molecule has 7 heteroatoms. The Morgan fingerprint density at radius 1 is 1.16 bits per heavy atom. The van der Waals surface area contributed by atoms with Gasteiger partial charge in [-0.25, -0.2) is 9.78 Å². The number of para-hydroxylation sites is 1. The predicted octanol–water partition coefficient (Wildman–Crippen LogP) is 3.44. The van der Waals surface area contributed by atoms with Gasteiger partial charge in [0.25, 0.3) is 0 Å². The van der Waals surface area contributed by atoms with Crippen molar-refractivity contribution in [3.8, 4) is 0 Å². The maximum absolute atomic E-state index is 12.4. The normalized spacial score (nSPS) is 20.7. The zero-order chi connectivity index (χ0) is 21.2. The molecule has 1 saturated carbocycles. The summed E-state index contributed by atoms with van der Waals surface area (Å²) in [5.41, 5.74) is 2.36. The van der Waals surface area contributed by atoms with Crippen molar-refractivity contribution in [3.05, 3.63) is 54.2 Å². The predicted molar refractivity (Wildman–Crippen MR) is 117 cm³/mol. The summed E-state index contributed by atoms with van der Waals surface area (Å²) in [5, 5.41) is 2.72. The van der Waals surface area contributed by atoms with E-state index in [0.29, 0.717) is 25.4 Å². The molecule has 0 spiro atoms. The Labute approximate surface area is 182 Å². The van der Waals surface area contributed by atoms with Gasteiger partial charge in [0, 0.05) is 43.9 Å². The molecule has 0 radical (unpaired) electrons. The number of aromatic nitrogens is 1. The Kier molecular flexibility index (Phi) is 5.49. The molecule has 3 fully saturated rings. The summed E-state index contributed by atoms with van der Waals surface area (Å²) in [7, 11) is 0. The first-order valence-corrected chi connectivity index (χ1v) is 11.2. The molecule has 0 bridgehead atoms. The van der Waals surface area contributed by atoms with Crippen molar-refractivity contribution in [2.24, 2.45) is 5.92 Å². The summed E-state index contributed by atoms with van der Waals surface area (Å²) in [6.07, 6.45) is 5.24. The highest BCUT2D eigenvalue weighted by Gasteiger charge is 2.33. The van der Waals surface area contributed by atoms with Crippen molar-refractivity contribution in [3.63, 3.8) is 0 Å². The smallest absolute Gasteiger partial charge is 0.407 e. The summed E-state index contributed by atoms with van der Waals surface area (Å²) in [5.74, 6) is 2.22. The zero-order valence-corrected chi connectivity index (χ0v) is 17.6. The molecule has 1 aromatic heterocycles. The molecule has 162 valence electrons. The molecule has 3 aliphatic rings. The minimum atomic E-state index is -0.389. The van der Waals surface area contributed by atoms with E-state index in [-0.39, 0.29) is 18.0 Å².